The van der Waals surface area contributed by atoms with Crippen LogP contribution in [0.2, 0.25) is 0 Å². The number of aryl methyl sites for hydroxylation is 1. The third-order valence-electron chi connectivity index (χ3n) is 3.14. The van der Waals surface area contributed by atoms with Gasteiger partial charge >= 0.3 is 0 Å². The lowest BCUT2D eigenvalue weighted by Gasteiger charge is -2.15. The van der Waals surface area contributed by atoms with Gasteiger partial charge in [-0.05, 0) is 36.3 Å². The predicted molar refractivity (Wildman–Crippen MR) is 68.3 cm³/mol. The molecule has 0 saturated carbocycles. The minimum absolute atomic E-state index is 0.713. The van der Waals surface area contributed by atoms with Gasteiger partial charge in [0.2, 0.25) is 0 Å². The minimum atomic E-state index is 0.713. The van der Waals surface area contributed by atoms with Gasteiger partial charge in [0.05, 0.1) is 0 Å². The maximum absolute atomic E-state index is 2.35. The SMILES string of the molecule is Cc1ccccc1C(C)CCCC(C)C. The van der Waals surface area contributed by atoms with E-state index in [1.807, 2.05) is 0 Å². The van der Waals surface area contributed by atoms with Crippen LogP contribution < -0.4 is 0 Å². The Morgan fingerprint density at radius 1 is 1.00 bits per heavy atom. The topological polar surface area (TPSA) is 0 Å². The molecule has 0 heteroatoms. The Labute approximate surface area is 94.7 Å². The Morgan fingerprint density at radius 2 is 1.67 bits per heavy atom. The lowest BCUT2D eigenvalue weighted by atomic mass is 9.91. The molecule has 15 heavy (non-hydrogen) atoms. The summed E-state index contributed by atoms with van der Waals surface area (Å²) >= 11 is 0. The second-order valence-corrected chi connectivity index (χ2v) is 5.08. The Morgan fingerprint density at radius 3 is 2.27 bits per heavy atom. The Balaban J connectivity index is 2.47. The zero-order chi connectivity index (χ0) is 11.3. The van der Waals surface area contributed by atoms with Gasteiger partial charge in [-0.25, -0.2) is 0 Å². The highest BCUT2D eigenvalue weighted by Crippen LogP contribution is 2.24. The average molecular weight is 204 g/mol. The van der Waals surface area contributed by atoms with Crippen LogP contribution in [0, 0.1) is 12.8 Å². The molecule has 1 aromatic rings. The van der Waals surface area contributed by atoms with Gasteiger partial charge in [0.1, 0.15) is 0 Å². The second-order valence-electron chi connectivity index (χ2n) is 5.08. The van der Waals surface area contributed by atoms with E-state index in [1.165, 1.54) is 30.4 Å². The van der Waals surface area contributed by atoms with Gasteiger partial charge in [-0.2, -0.15) is 0 Å². The summed E-state index contributed by atoms with van der Waals surface area (Å²) in [5.74, 6) is 1.55. The van der Waals surface area contributed by atoms with E-state index in [0.29, 0.717) is 5.92 Å². The van der Waals surface area contributed by atoms with Crippen molar-refractivity contribution in [3.05, 3.63) is 35.4 Å². The molecule has 0 spiro atoms. The first-order valence-electron chi connectivity index (χ1n) is 6.16. The summed E-state index contributed by atoms with van der Waals surface area (Å²) in [4.78, 5) is 0. The Bertz CT molecular complexity index is 286. The highest BCUT2D eigenvalue weighted by molar-refractivity contribution is 5.28. The Hall–Kier alpha value is -0.780. The molecule has 0 saturated heterocycles. The van der Waals surface area contributed by atoms with Crippen molar-refractivity contribution in [3.63, 3.8) is 0 Å². The molecule has 1 unspecified atom stereocenters. The standard InChI is InChI=1S/C15H24/c1-12(2)8-7-10-14(4)15-11-6-5-9-13(15)3/h5-6,9,11-12,14H,7-8,10H2,1-4H3. The van der Waals surface area contributed by atoms with E-state index in [0.717, 1.165) is 5.92 Å². The van der Waals surface area contributed by atoms with Crippen LogP contribution in [0.25, 0.3) is 0 Å². The van der Waals surface area contributed by atoms with Crippen molar-refractivity contribution < 1.29 is 0 Å². The van der Waals surface area contributed by atoms with Crippen molar-refractivity contribution in [2.45, 2.75) is 52.9 Å². The molecule has 1 aromatic carbocycles. The van der Waals surface area contributed by atoms with E-state index in [4.69, 9.17) is 0 Å². The molecule has 0 amide bonds. The molecule has 0 bridgehead atoms. The van der Waals surface area contributed by atoms with Crippen molar-refractivity contribution in [1.29, 1.82) is 0 Å². The van der Waals surface area contributed by atoms with Gasteiger partial charge in [-0.1, -0.05) is 57.9 Å². The summed E-state index contributed by atoms with van der Waals surface area (Å²) < 4.78 is 0. The molecular weight excluding hydrogens is 180 g/mol. The summed E-state index contributed by atoms with van der Waals surface area (Å²) in [6.07, 6.45) is 4.03. The average Bonchev–Trinajstić information content (AvgIpc) is 2.17. The van der Waals surface area contributed by atoms with Crippen LogP contribution in [-0.4, -0.2) is 0 Å². The van der Waals surface area contributed by atoms with E-state index in [1.54, 1.807) is 0 Å². The second kappa shape index (κ2) is 5.95. The van der Waals surface area contributed by atoms with Gasteiger partial charge in [-0.3, -0.25) is 0 Å². The Kier molecular flexibility index (Phi) is 4.87. The lowest BCUT2D eigenvalue weighted by molar-refractivity contribution is 0.512. The van der Waals surface area contributed by atoms with Crippen molar-refractivity contribution in [2.24, 2.45) is 5.92 Å². The van der Waals surface area contributed by atoms with Crippen LogP contribution >= 0.6 is 0 Å². The zero-order valence-corrected chi connectivity index (χ0v) is 10.6. The van der Waals surface area contributed by atoms with E-state index < -0.39 is 0 Å². The molecule has 0 aliphatic rings. The van der Waals surface area contributed by atoms with E-state index in [2.05, 4.69) is 52.0 Å². The molecular formula is C15H24. The molecule has 0 fully saturated rings. The third kappa shape index (κ3) is 4.07. The molecule has 0 aromatic heterocycles. The zero-order valence-electron chi connectivity index (χ0n) is 10.6. The fraction of sp³-hybridized carbons (Fsp3) is 0.600. The monoisotopic (exact) mass is 204 g/mol. The van der Waals surface area contributed by atoms with Crippen LogP contribution in [0.15, 0.2) is 24.3 Å². The number of benzene rings is 1. The number of hydrogen-bond donors (Lipinski definition) is 0. The molecule has 0 aliphatic carbocycles. The predicted octanol–water partition coefficient (Wildman–Crippen LogP) is 4.92. The van der Waals surface area contributed by atoms with Crippen LogP contribution in [-0.2, 0) is 0 Å². The number of rotatable bonds is 5. The molecule has 0 heterocycles. The molecule has 1 atom stereocenters. The van der Waals surface area contributed by atoms with Crippen LogP contribution in [0.4, 0.5) is 0 Å². The van der Waals surface area contributed by atoms with Crippen LogP contribution in [0.1, 0.15) is 57.1 Å². The highest BCUT2D eigenvalue weighted by atomic mass is 14.1. The third-order valence-corrected chi connectivity index (χ3v) is 3.14. The van der Waals surface area contributed by atoms with Gasteiger partial charge in [0, 0.05) is 0 Å². The van der Waals surface area contributed by atoms with Crippen LogP contribution in [0.5, 0.6) is 0 Å². The smallest absolute Gasteiger partial charge is 0.0188 e. The molecule has 0 nitrogen and oxygen atoms in total. The molecule has 0 N–H and O–H groups in total. The molecule has 0 aliphatic heterocycles. The number of hydrogen-bond acceptors (Lipinski definition) is 0. The minimum Gasteiger partial charge on any atom is -0.0628 e. The van der Waals surface area contributed by atoms with E-state index in [9.17, 15) is 0 Å². The summed E-state index contributed by atoms with van der Waals surface area (Å²) in [5, 5.41) is 0. The highest BCUT2D eigenvalue weighted by Gasteiger charge is 2.07. The lowest BCUT2D eigenvalue weighted by Crippen LogP contribution is -1.97. The normalized spacial score (nSPS) is 13.1. The maximum atomic E-state index is 2.35. The molecule has 1 rings (SSSR count). The van der Waals surface area contributed by atoms with Gasteiger partial charge in [-0.15, -0.1) is 0 Å². The van der Waals surface area contributed by atoms with Gasteiger partial charge in [0.15, 0.2) is 0 Å². The summed E-state index contributed by atoms with van der Waals surface area (Å²) in [6, 6.07) is 8.77. The molecule has 84 valence electrons. The summed E-state index contributed by atoms with van der Waals surface area (Å²) in [6.45, 7) is 9.17. The van der Waals surface area contributed by atoms with E-state index in [-0.39, 0.29) is 0 Å². The van der Waals surface area contributed by atoms with Gasteiger partial charge < -0.3 is 0 Å². The van der Waals surface area contributed by atoms with Crippen molar-refractivity contribution >= 4 is 0 Å². The maximum Gasteiger partial charge on any atom is -0.0188 e. The van der Waals surface area contributed by atoms with Gasteiger partial charge in [0.25, 0.3) is 0 Å². The van der Waals surface area contributed by atoms with E-state index >= 15 is 0 Å². The summed E-state index contributed by atoms with van der Waals surface area (Å²) in [5.41, 5.74) is 2.97. The first-order valence-corrected chi connectivity index (χ1v) is 6.16. The first-order chi connectivity index (χ1) is 7.11. The summed E-state index contributed by atoms with van der Waals surface area (Å²) in [7, 11) is 0. The quantitative estimate of drug-likeness (QED) is 0.638. The van der Waals surface area contributed by atoms with Crippen molar-refractivity contribution in [2.75, 3.05) is 0 Å². The van der Waals surface area contributed by atoms with Crippen molar-refractivity contribution in [3.8, 4) is 0 Å². The van der Waals surface area contributed by atoms with Crippen molar-refractivity contribution in [1.82, 2.24) is 0 Å². The molecule has 0 radical (unpaired) electrons. The largest absolute Gasteiger partial charge is 0.0628 e. The fourth-order valence-corrected chi connectivity index (χ4v) is 2.13. The van der Waals surface area contributed by atoms with Crippen LogP contribution in [0.3, 0.4) is 0 Å². The fourth-order valence-electron chi connectivity index (χ4n) is 2.13. The first kappa shape index (κ1) is 12.3.